The fourth-order valence-electron chi connectivity index (χ4n) is 2.46. The zero-order chi connectivity index (χ0) is 19.5. The number of likely N-dealkylation sites (N-methyl/N-ethyl adjacent to an activating group) is 1. The van der Waals surface area contributed by atoms with Crippen LogP contribution in [0.25, 0.3) is 0 Å². The Balaban J connectivity index is 2.28. The Morgan fingerprint density at radius 3 is 2.19 bits per heavy atom. The second kappa shape index (κ2) is 8.06. The Hall–Kier alpha value is -1.45. The van der Waals surface area contributed by atoms with Gasteiger partial charge in [0, 0.05) is 23.9 Å². The Morgan fingerprint density at radius 2 is 1.62 bits per heavy atom. The van der Waals surface area contributed by atoms with Crippen LogP contribution < -0.4 is 4.72 Å². The van der Waals surface area contributed by atoms with Gasteiger partial charge in [-0.3, -0.25) is 0 Å². The number of hydrogen-bond donors (Lipinski definition) is 1. The summed E-state index contributed by atoms with van der Waals surface area (Å²) in [4.78, 5) is 1.71. The third-order valence-electron chi connectivity index (χ3n) is 3.90. The van der Waals surface area contributed by atoms with Crippen molar-refractivity contribution < 1.29 is 16.8 Å². The van der Waals surface area contributed by atoms with Crippen molar-refractivity contribution >= 4 is 31.5 Å². The molecule has 0 aliphatic heterocycles. The van der Waals surface area contributed by atoms with Crippen LogP contribution in [0, 0.1) is 0 Å². The normalized spacial score (nSPS) is 13.7. The molecule has 0 saturated carbocycles. The fourth-order valence-corrected chi connectivity index (χ4v) is 4.55. The fraction of sp³-hybridized carbons (Fsp3) is 0.294. The van der Waals surface area contributed by atoms with Gasteiger partial charge in [-0.2, -0.15) is 0 Å². The molecule has 0 aromatic heterocycles. The molecule has 9 heteroatoms. The largest absolute Gasteiger partial charge is 0.301 e. The van der Waals surface area contributed by atoms with Gasteiger partial charge in [0.05, 0.1) is 9.79 Å². The zero-order valence-electron chi connectivity index (χ0n) is 14.7. The van der Waals surface area contributed by atoms with Crippen LogP contribution in [-0.4, -0.2) is 48.6 Å². The highest BCUT2D eigenvalue weighted by atomic mass is 35.5. The summed E-state index contributed by atoms with van der Waals surface area (Å²) in [7, 11) is -3.72. The van der Waals surface area contributed by atoms with E-state index in [1.165, 1.54) is 18.2 Å². The van der Waals surface area contributed by atoms with E-state index in [2.05, 4.69) is 4.72 Å². The van der Waals surface area contributed by atoms with Crippen LogP contribution in [0.1, 0.15) is 11.6 Å². The first-order chi connectivity index (χ1) is 12.0. The van der Waals surface area contributed by atoms with Crippen LogP contribution in [0.15, 0.2) is 58.3 Å². The van der Waals surface area contributed by atoms with Crippen molar-refractivity contribution in [3.63, 3.8) is 0 Å². The minimum Gasteiger partial charge on any atom is -0.301 e. The second-order valence-electron chi connectivity index (χ2n) is 6.10. The number of benzene rings is 2. The molecule has 1 unspecified atom stereocenters. The number of nitrogens with zero attached hydrogens (tertiary/aromatic N) is 1. The van der Waals surface area contributed by atoms with Gasteiger partial charge in [-0.25, -0.2) is 21.6 Å². The molecule has 0 heterocycles. The zero-order valence-corrected chi connectivity index (χ0v) is 17.1. The smallest absolute Gasteiger partial charge is 0.240 e. The van der Waals surface area contributed by atoms with Crippen molar-refractivity contribution in [2.45, 2.75) is 15.8 Å². The SMILES string of the molecule is CN(C)C(CNS(=O)(=O)c1cccc(S(C)(=O)=O)c1)c1ccccc1Cl. The van der Waals surface area contributed by atoms with Crippen molar-refractivity contribution in [2.75, 3.05) is 26.9 Å². The van der Waals surface area contributed by atoms with Gasteiger partial charge < -0.3 is 4.90 Å². The first-order valence-electron chi connectivity index (χ1n) is 7.73. The Morgan fingerprint density at radius 1 is 1.00 bits per heavy atom. The van der Waals surface area contributed by atoms with Gasteiger partial charge in [-0.15, -0.1) is 0 Å². The minimum absolute atomic E-state index is 0.0457. The quantitative estimate of drug-likeness (QED) is 0.748. The van der Waals surface area contributed by atoms with Crippen LogP contribution in [0.5, 0.6) is 0 Å². The predicted octanol–water partition coefficient (Wildman–Crippen LogP) is 2.32. The molecule has 6 nitrogen and oxygen atoms in total. The number of hydrogen-bond acceptors (Lipinski definition) is 5. The molecular weight excluding hydrogens is 396 g/mol. The molecule has 1 N–H and O–H groups in total. The first-order valence-corrected chi connectivity index (χ1v) is 11.5. The van der Waals surface area contributed by atoms with Gasteiger partial charge in [0.15, 0.2) is 9.84 Å². The average Bonchev–Trinajstić information content (AvgIpc) is 2.55. The van der Waals surface area contributed by atoms with Crippen LogP contribution >= 0.6 is 11.6 Å². The van der Waals surface area contributed by atoms with E-state index in [9.17, 15) is 16.8 Å². The van der Waals surface area contributed by atoms with E-state index in [1.807, 2.05) is 31.1 Å². The molecule has 0 radical (unpaired) electrons. The van der Waals surface area contributed by atoms with Gasteiger partial charge in [0.2, 0.25) is 10.0 Å². The topological polar surface area (TPSA) is 83.6 Å². The molecule has 142 valence electrons. The molecule has 2 aromatic carbocycles. The maximum Gasteiger partial charge on any atom is 0.240 e. The van der Waals surface area contributed by atoms with E-state index >= 15 is 0 Å². The third kappa shape index (κ3) is 5.05. The van der Waals surface area contributed by atoms with Crippen LogP contribution in [-0.2, 0) is 19.9 Å². The van der Waals surface area contributed by atoms with Gasteiger partial charge in [-0.1, -0.05) is 35.9 Å². The van der Waals surface area contributed by atoms with Crippen molar-refractivity contribution in [3.8, 4) is 0 Å². The van der Waals surface area contributed by atoms with E-state index in [0.717, 1.165) is 17.9 Å². The summed E-state index contributed by atoms with van der Waals surface area (Å²) >= 11 is 6.23. The van der Waals surface area contributed by atoms with Crippen molar-refractivity contribution in [2.24, 2.45) is 0 Å². The predicted molar refractivity (Wildman–Crippen MR) is 103 cm³/mol. The number of nitrogens with one attached hydrogen (secondary N) is 1. The van der Waals surface area contributed by atoms with Crippen LogP contribution in [0.2, 0.25) is 5.02 Å². The Bertz CT molecular complexity index is 989. The number of sulfonamides is 1. The summed E-state index contributed by atoms with van der Waals surface area (Å²) in [6.07, 6.45) is 1.03. The molecule has 26 heavy (non-hydrogen) atoms. The lowest BCUT2D eigenvalue weighted by atomic mass is 10.1. The highest BCUT2D eigenvalue weighted by Crippen LogP contribution is 2.26. The lowest BCUT2D eigenvalue weighted by Crippen LogP contribution is -2.34. The van der Waals surface area contributed by atoms with Gasteiger partial charge in [0.1, 0.15) is 0 Å². The monoisotopic (exact) mass is 416 g/mol. The number of halogens is 1. The van der Waals surface area contributed by atoms with E-state index < -0.39 is 19.9 Å². The summed E-state index contributed by atoms with van der Waals surface area (Å²) in [5.41, 5.74) is 0.798. The van der Waals surface area contributed by atoms with Crippen LogP contribution in [0.4, 0.5) is 0 Å². The molecule has 0 bridgehead atoms. The standard InChI is InChI=1S/C17H21ClN2O4S2/c1-20(2)17(15-9-4-5-10-16(15)18)12-19-26(23,24)14-8-6-7-13(11-14)25(3,21)22/h4-11,17,19H,12H2,1-3H3. The summed E-state index contributed by atoms with van der Waals surface area (Å²) < 4.78 is 51.0. The van der Waals surface area contributed by atoms with E-state index in [0.29, 0.717) is 5.02 Å². The van der Waals surface area contributed by atoms with Crippen molar-refractivity contribution in [3.05, 3.63) is 59.1 Å². The number of sulfone groups is 1. The molecule has 2 aromatic rings. The molecule has 0 aliphatic rings. The summed E-state index contributed by atoms with van der Waals surface area (Å²) in [5.74, 6) is 0. The summed E-state index contributed by atoms with van der Waals surface area (Å²) in [6.45, 7) is 0.0855. The maximum atomic E-state index is 12.6. The molecule has 0 spiro atoms. The average molecular weight is 417 g/mol. The van der Waals surface area contributed by atoms with Crippen molar-refractivity contribution in [1.29, 1.82) is 0 Å². The van der Waals surface area contributed by atoms with Gasteiger partial charge in [0.25, 0.3) is 0 Å². The van der Waals surface area contributed by atoms with E-state index in [1.54, 1.807) is 12.1 Å². The lowest BCUT2D eigenvalue weighted by Gasteiger charge is -2.26. The van der Waals surface area contributed by atoms with Crippen molar-refractivity contribution in [1.82, 2.24) is 9.62 Å². The maximum absolute atomic E-state index is 12.6. The van der Waals surface area contributed by atoms with E-state index in [-0.39, 0.29) is 22.4 Å². The van der Waals surface area contributed by atoms with Crippen LogP contribution in [0.3, 0.4) is 0 Å². The Labute approximate surface area is 159 Å². The summed E-state index contributed by atoms with van der Waals surface area (Å²) in [5, 5.41) is 0.546. The Kier molecular flexibility index (Phi) is 6.46. The lowest BCUT2D eigenvalue weighted by molar-refractivity contribution is 0.299. The highest BCUT2D eigenvalue weighted by molar-refractivity contribution is 7.91. The first kappa shape index (κ1) is 20.9. The highest BCUT2D eigenvalue weighted by Gasteiger charge is 2.22. The molecular formula is C17H21ClN2O4S2. The molecule has 1 atom stereocenters. The van der Waals surface area contributed by atoms with Gasteiger partial charge >= 0.3 is 0 Å². The molecule has 0 saturated heterocycles. The third-order valence-corrected chi connectivity index (χ3v) is 6.77. The molecule has 0 fully saturated rings. The minimum atomic E-state index is -3.88. The molecule has 0 amide bonds. The molecule has 0 aliphatic carbocycles. The second-order valence-corrected chi connectivity index (χ2v) is 10.3. The number of rotatable bonds is 7. The van der Waals surface area contributed by atoms with Gasteiger partial charge in [-0.05, 0) is 43.9 Å². The van der Waals surface area contributed by atoms with E-state index in [4.69, 9.17) is 11.6 Å². The molecule has 2 rings (SSSR count). The summed E-state index contributed by atoms with van der Waals surface area (Å²) in [6, 6.07) is 12.2.